The van der Waals surface area contributed by atoms with E-state index in [1.165, 1.54) is 15.9 Å². The van der Waals surface area contributed by atoms with E-state index in [1.807, 2.05) is 25.2 Å². The third-order valence-corrected chi connectivity index (χ3v) is 7.59. The summed E-state index contributed by atoms with van der Waals surface area (Å²) in [7, 11) is -1.61. The lowest BCUT2D eigenvalue weighted by atomic mass is 9.97. The molecule has 1 heterocycles. The molecule has 3 rings (SSSR count). The minimum Gasteiger partial charge on any atom is -0.352 e. The maximum Gasteiger partial charge on any atom is 0.251 e. The van der Waals surface area contributed by atoms with Crippen molar-refractivity contribution in [3.63, 3.8) is 0 Å². The minimum atomic E-state index is -3.59. The molecule has 1 N–H and O–H groups in total. The Morgan fingerprint density at radius 1 is 1.03 bits per heavy atom. The predicted molar refractivity (Wildman–Crippen MR) is 119 cm³/mol. The third-order valence-electron chi connectivity index (χ3n) is 5.69. The number of piperazine rings is 1. The van der Waals surface area contributed by atoms with E-state index < -0.39 is 10.0 Å². The van der Waals surface area contributed by atoms with Crippen LogP contribution in [-0.2, 0) is 16.4 Å². The molecule has 0 radical (unpaired) electrons. The number of carbonyl (C=O) groups is 1. The fourth-order valence-corrected chi connectivity index (χ4v) is 5.09. The molecule has 0 aliphatic carbocycles. The molecule has 0 aromatic heterocycles. The lowest BCUT2D eigenvalue weighted by molar-refractivity contribution is 0.0946. The molecule has 2 aromatic carbocycles. The van der Waals surface area contributed by atoms with Crippen LogP contribution < -0.4 is 5.32 Å². The summed E-state index contributed by atoms with van der Waals surface area (Å²) in [6.45, 7) is 5.01. The quantitative estimate of drug-likeness (QED) is 0.700. The third kappa shape index (κ3) is 5.68. The van der Waals surface area contributed by atoms with Gasteiger partial charge in [-0.3, -0.25) is 4.79 Å². The predicted octanol–water partition coefficient (Wildman–Crippen LogP) is 2.62. The summed E-state index contributed by atoms with van der Waals surface area (Å²) in [5, 5.41) is 2.98. The summed E-state index contributed by atoms with van der Waals surface area (Å²) in [4.78, 5) is 15.0. The number of hydrogen-bond donors (Lipinski definition) is 1. The second-order valence-corrected chi connectivity index (χ2v) is 9.85. The molecule has 1 unspecified atom stereocenters. The number of likely N-dealkylation sites (N-methyl/N-ethyl adjacent to an activating group) is 1. The van der Waals surface area contributed by atoms with Gasteiger partial charge in [0, 0.05) is 38.3 Å². The van der Waals surface area contributed by atoms with Crippen molar-refractivity contribution >= 4 is 15.9 Å². The van der Waals surface area contributed by atoms with E-state index in [9.17, 15) is 13.2 Å². The lowest BCUT2D eigenvalue weighted by Gasteiger charge is -2.31. The van der Waals surface area contributed by atoms with Gasteiger partial charge in [-0.1, -0.05) is 49.7 Å². The van der Waals surface area contributed by atoms with Crippen molar-refractivity contribution in [3.8, 4) is 0 Å². The summed E-state index contributed by atoms with van der Waals surface area (Å²) >= 11 is 0. The molecule has 0 saturated carbocycles. The average molecular weight is 430 g/mol. The van der Waals surface area contributed by atoms with Gasteiger partial charge < -0.3 is 10.2 Å². The van der Waals surface area contributed by atoms with Crippen molar-refractivity contribution in [2.45, 2.75) is 24.7 Å². The molecule has 1 fully saturated rings. The Hall–Kier alpha value is -2.22. The van der Waals surface area contributed by atoms with E-state index in [4.69, 9.17) is 0 Å². The molecule has 0 bridgehead atoms. The van der Waals surface area contributed by atoms with Crippen molar-refractivity contribution in [3.05, 3.63) is 65.7 Å². The van der Waals surface area contributed by atoms with Crippen LogP contribution in [0.5, 0.6) is 0 Å². The van der Waals surface area contributed by atoms with Crippen LogP contribution in [0.25, 0.3) is 0 Å². The Morgan fingerprint density at radius 2 is 1.73 bits per heavy atom. The van der Waals surface area contributed by atoms with Crippen molar-refractivity contribution in [1.29, 1.82) is 0 Å². The monoisotopic (exact) mass is 429 g/mol. The molecular weight excluding hydrogens is 398 g/mol. The maximum atomic E-state index is 13.0. The van der Waals surface area contributed by atoms with Crippen LogP contribution in [0.3, 0.4) is 0 Å². The van der Waals surface area contributed by atoms with Crippen molar-refractivity contribution in [2.24, 2.45) is 5.92 Å². The molecule has 1 amide bonds. The van der Waals surface area contributed by atoms with Crippen molar-refractivity contribution in [2.75, 3.05) is 39.8 Å². The zero-order valence-electron chi connectivity index (χ0n) is 17.8. The van der Waals surface area contributed by atoms with Crippen LogP contribution in [0.2, 0.25) is 0 Å². The first-order valence-electron chi connectivity index (χ1n) is 10.5. The Balaban J connectivity index is 1.64. The second kappa shape index (κ2) is 10.2. The topological polar surface area (TPSA) is 69.7 Å². The Kier molecular flexibility index (Phi) is 7.64. The fourth-order valence-electron chi connectivity index (χ4n) is 3.62. The normalized spacial score (nSPS) is 16.9. The van der Waals surface area contributed by atoms with Crippen molar-refractivity contribution < 1.29 is 13.2 Å². The molecule has 1 atom stereocenters. The van der Waals surface area contributed by atoms with Gasteiger partial charge in [-0.25, -0.2) is 8.42 Å². The summed E-state index contributed by atoms with van der Waals surface area (Å²) in [5.74, 6) is 0.0885. The van der Waals surface area contributed by atoms with Crippen LogP contribution in [0.1, 0.15) is 29.3 Å². The zero-order chi connectivity index (χ0) is 21.6. The number of hydrogen-bond acceptors (Lipinski definition) is 4. The maximum absolute atomic E-state index is 13.0. The van der Waals surface area contributed by atoms with Gasteiger partial charge in [0.2, 0.25) is 10.0 Å². The first-order chi connectivity index (χ1) is 14.4. The Bertz CT molecular complexity index is 939. The van der Waals surface area contributed by atoms with Gasteiger partial charge in [-0.2, -0.15) is 4.31 Å². The molecule has 6 nitrogen and oxygen atoms in total. The smallest absolute Gasteiger partial charge is 0.251 e. The molecular formula is C23H31N3O3S. The van der Waals surface area contributed by atoms with Gasteiger partial charge in [0.1, 0.15) is 0 Å². The van der Waals surface area contributed by atoms with Gasteiger partial charge in [0.15, 0.2) is 0 Å². The molecule has 1 aliphatic heterocycles. The number of sulfonamides is 1. The summed E-state index contributed by atoms with van der Waals surface area (Å²) in [6.07, 6.45) is 1.85. The number of carbonyl (C=O) groups excluding carboxylic acids is 1. The second-order valence-electron chi connectivity index (χ2n) is 7.91. The largest absolute Gasteiger partial charge is 0.352 e. The number of benzene rings is 2. The molecule has 2 aromatic rings. The number of amides is 1. The van der Waals surface area contributed by atoms with Crippen LogP contribution in [0.4, 0.5) is 0 Å². The standard InChI is InChI=1S/C23H31N3O3S/c1-3-19(16-20-8-5-4-6-9-20)18-24-23(27)21-10-7-11-22(17-21)30(28,29)26-14-12-25(2)13-15-26/h4-11,17,19H,3,12-16,18H2,1-2H3,(H,24,27). The SMILES string of the molecule is CCC(CNC(=O)c1cccc(S(=O)(=O)N2CCN(C)CC2)c1)Cc1ccccc1. The fraction of sp³-hybridized carbons (Fsp3) is 0.435. The number of rotatable bonds is 8. The first kappa shape index (κ1) is 22.5. The van der Waals surface area contributed by atoms with E-state index >= 15 is 0 Å². The number of nitrogens with zero attached hydrogens (tertiary/aromatic N) is 2. The highest BCUT2D eigenvalue weighted by molar-refractivity contribution is 7.89. The summed E-state index contributed by atoms with van der Waals surface area (Å²) < 4.78 is 27.4. The summed E-state index contributed by atoms with van der Waals surface area (Å²) in [6, 6.07) is 16.6. The minimum absolute atomic E-state index is 0.177. The number of nitrogens with one attached hydrogen (secondary N) is 1. The Morgan fingerprint density at radius 3 is 2.40 bits per heavy atom. The molecule has 162 valence electrons. The van der Waals surface area contributed by atoms with E-state index in [-0.39, 0.29) is 10.8 Å². The van der Waals surface area contributed by atoms with E-state index in [2.05, 4.69) is 29.3 Å². The van der Waals surface area contributed by atoms with E-state index in [0.29, 0.717) is 44.2 Å². The van der Waals surface area contributed by atoms with Crippen LogP contribution in [0.15, 0.2) is 59.5 Å². The van der Waals surface area contributed by atoms with E-state index in [0.717, 1.165) is 12.8 Å². The van der Waals surface area contributed by atoms with Gasteiger partial charge in [0.05, 0.1) is 4.90 Å². The van der Waals surface area contributed by atoms with Crippen LogP contribution in [0, 0.1) is 5.92 Å². The average Bonchev–Trinajstić information content (AvgIpc) is 2.77. The van der Waals surface area contributed by atoms with Gasteiger partial charge in [-0.05, 0) is 43.1 Å². The molecule has 1 saturated heterocycles. The van der Waals surface area contributed by atoms with Gasteiger partial charge in [0.25, 0.3) is 5.91 Å². The first-order valence-corrected chi connectivity index (χ1v) is 11.9. The molecule has 30 heavy (non-hydrogen) atoms. The highest BCUT2D eigenvalue weighted by atomic mass is 32.2. The lowest BCUT2D eigenvalue weighted by Crippen LogP contribution is -2.47. The van der Waals surface area contributed by atoms with Gasteiger partial charge in [-0.15, -0.1) is 0 Å². The van der Waals surface area contributed by atoms with Crippen LogP contribution in [-0.4, -0.2) is 63.3 Å². The summed E-state index contributed by atoms with van der Waals surface area (Å²) in [5.41, 5.74) is 1.62. The van der Waals surface area contributed by atoms with Gasteiger partial charge >= 0.3 is 0 Å². The molecule has 0 spiro atoms. The zero-order valence-corrected chi connectivity index (χ0v) is 18.6. The highest BCUT2D eigenvalue weighted by Crippen LogP contribution is 2.19. The molecule has 1 aliphatic rings. The van der Waals surface area contributed by atoms with E-state index in [1.54, 1.807) is 18.2 Å². The van der Waals surface area contributed by atoms with Crippen molar-refractivity contribution in [1.82, 2.24) is 14.5 Å². The Labute approximate surface area is 179 Å². The molecule has 7 heteroatoms. The van der Waals surface area contributed by atoms with Crippen LogP contribution >= 0.6 is 0 Å². The highest BCUT2D eigenvalue weighted by Gasteiger charge is 2.28.